The van der Waals surface area contributed by atoms with Gasteiger partial charge in [0.05, 0.1) is 0 Å². The Morgan fingerprint density at radius 3 is 2.40 bits per heavy atom. The molecule has 5 heteroatoms. The monoisotopic (exact) mass is 418 g/mol. The molecule has 3 aromatic carbocycles. The molecule has 0 saturated heterocycles. The van der Waals surface area contributed by atoms with Gasteiger partial charge in [0.15, 0.2) is 0 Å². The molecule has 0 radical (unpaired) electrons. The van der Waals surface area contributed by atoms with E-state index in [1.807, 2.05) is 78.2 Å². The van der Waals surface area contributed by atoms with Gasteiger partial charge < -0.3 is 15.0 Å². The van der Waals surface area contributed by atoms with E-state index in [-0.39, 0.29) is 0 Å². The summed E-state index contributed by atoms with van der Waals surface area (Å²) in [6.07, 6.45) is 0. The molecule has 0 unspecified atom stereocenters. The third-order valence-electron chi connectivity index (χ3n) is 5.26. The van der Waals surface area contributed by atoms with Crippen LogP contribution in [0.1, 0.15) is 32.7 Å². The Hall–Kier alpha value is -3.08. The number of halogens is 1. The fourth-order valence-corrected chi connectivity index (χ4v) is 3.94. The van der Waals surface area contributed by atoms with Crippen LogP contribution in [0.5, 0.6) is 0 Å². The lowest BCUT2D eigenvalue weighted by Gasteiger charge is -2.10. The molecule has 4 aromatic rings. The Morgan fingerprint density at radius 2 is 1.70 bits per heavy atom. The third kappa shape index (κ3) is 4.25. The van der Waals surface area contributed by atoms with Gasteiger partial charge in [-0.2, -0.15) is 0 Å². The van der Waals surface area contributed by atoms with Crippen molar-refractivity contribution in [3.05, 3.63) is 106 Å². The second-order valence-corrected chi connectivity index (χ2v) is 7.89. The number of aromatic nitrogens is 1. The lowest BCUT2D eigenvalue weighted by molar-refractivity contribution is 0.0685. The average molecular weight is 419 g/mol. The van der Waals surface area contributed by atoms with Gasteiger partial charge in [-0.05, 0) is 41.8 Å². The molecule has 0 spiro atoms. The molecule has 0 amide bonds. The van der Waals surface area contributed by atoms with Gasteiger partial charge in [0.25, 0.3) is 0 Å². The third-order valence-corrected chi connectivity index (χ3v) is 5.51. The average Bonchev–Trinajstić information content (AvgIpc) is 3.03. The maximum Gasteiger partial charge on any atom is 0.352 e. The van der Waals surface area contributed by atoms with Crippen molar-refractivity contribution >= 4 is 28.5 Å². The molecule has 0 aliphatic heterocycles. The Balaban J connectivity index is 1.71. The minimum Gasteiger partial charge on any atom is -0.477 e. The predicted octanol–water partition coefficient (Wildman–Crippen LogP) is 5.64. The number of carbonyl (C=O) groups is 1. The zero-order valence-corrected chi connectivity index (χ0v) is 17.5. The van der Waals surface area contributed by atoms with Gasteiger partial charge >= 0.3 is 5.97 Å². The summed E-state index contributed by atoms with van der Waals surface area (Å²) in [6.45, 7) is 3.64. The summed E-state index contributed by atoms with van der Waals surface area (Å²) in [5.74, 6) is -0.914. The minimum atomic E-state index is -0.914. The summed E-state index contributed by atoms with van der Waals surface area (Å²) < 4.78 is 1.92. The van der Waals surface area contributed by atoms with E-state index < -0.39 is 5.97 Å². The van der Waals surface area contributed by atoms with Gasteiger partial charge in [-0.3, -0.25) is 0 Å². The van der Waals surface area contributed by atoms with Crippen LogP contribution in [-0.4, -0.2) is 15.6 Å². The number of aryl methyl sites for hydroxylation is 1. The van der Waals surface area contributed by atoms with Crippen LogP contribution in [0.2, 0.25) is 5.02 Å². The molecule has 2 N–H and O–H groups in total. The van der Waals surface area contributed by atoms with Gasteiger partial charge in [-0.15, -0.1) is 0 Å². The van der Waals surface area contributed by atoms with E-state index in [0.717, 1.165) is 33.2 Å². The molecular formula is C25H23ClN2O2. The lowest BCUT2D eigenvalue weighted by atomic mass is 10.1. The van der Waals surface area contributed by atoms with E-state index in [2.05, 4.69) is 11.4 Å². The maximum atomic E-state index is 12.3. The van der Waals surface area contributed by atoms with Crippen molar-refractivity contribution in [3.63, 3.8) is 0 Å². The van der Waals surface area contributed by atoms with Gasteiger partial charge in [-0.25, -0.2) is 4.79 Å². The number of nitrogens with one attached hydrogen (secondary N) is 1. The van der Waals surface area contributed by atoms with Crippen LogP contribution in [0.15, 0.2) is 72.8 Å². The summed E-state index contributed by atoms with van der Waals surface area (Å²) in [4.78, 5) is 12.3. The van der Waals surface area contributed by atoms with Crippen molar-refractivity contribution in [1.82, 2.24) is 9.88 Å². The Morgan fingerprint density at radius 1 is 0.967 bits per heavy atom. The summed E-state index contributed by atoms with van der Waals surface area (Å²) >= 11 is 5.96. The number of carboxylic acids is 1. The highest BCUT2D eigenvalue weighted by molar-refractivity contribution is 6.30. The number of hydrogen-bond donors (Lipinski definition) is 2. The van der Waals surface area contributed by atoms with Crippen LogP contribution in [0.3, 0.4) is 0 Å². The quantitative estimate of drug-likeness (QED) is 0.408. The number of fused-ring (bicyclic) bond motifs is 1. The van der Waals surface area contributed by atoms with Crippen LogP contribution in [0, 0.1) is 6.92 Å². The molecule has 0 atom stereocenters. The molecule has 4 rings (SSSR count). The van der Waals surface area contributed by atoms with Crippen LogP contribution in [0.25, 0.3) is 10.9 Å². The summed E-state index contributed by atoms with van der Waals surface area (Å²) in [5, 5.41) is 15.1. The second-order valence-electron chi connectivity index (χ2n) is 7.45. The van der Waals surface area contributed by atoms with Crippen LogP contribution < -0.4 is 5.32 Å². The first-order valence-corrected chi connectivity index (χ1v) is 10.2. The van der Waals surface area contributed by atoms with Crippen molar-refractivity contribution < 1.29 is 9.90 Å². The van der Waals surface area contributed by atoms with Gasteiger partial charge in [0.1, 0.15) is 5.69 Å². The number of nitrogens with zero attached hydrogens (tertiary/aromatic N) is 1. The predicted molar refractivity (Wildman–Crippen MR) is 121 cm³/mol. The van der Waals surface area contributed by atoms with E-state index in [9.17, 15) is 9.90 Å². The summed E-state index contributed by atoms with van der Waals surface area (Å²) in [7, 11) is 0. The van der Waals surface area contributed by atoms with Crippen LogP contribution >= 0.6 is 11.6 Å². The first-order chi connectivity index (χ1) is 14.5. The lowest BCUT2D eigenvalue weighted by Crippen LogP contribution is -2.17. The SMILES string of the molecule is Cc1ccc2c(CNCc3ccc(Cl)cc3)c(C(=O)O)n(Cc3ccccc3)c2c1. The highest BCUT2D eigenvalue weighted by Gasteiger charge is 2.22. The number of benzene rings is 3. The molecule has 1 heterocycles. The fourth-order valence-electron chi connectivity index (χ4n) is 3.82. The molecule has 1 aromatic heterocycles. The van der Waals surface area contributed by atoms with Crippen LogP contribution in [0.4, 0.5) is 0 Å². The molecule has 0 aliphatic rings. The van der Waals surface area contributed by atoms with Gasteiger partial charge in [0, 0.05) is 41.1 Å². The van der Waals surface area contributed by atoms with E-state index in [1.54, 1.807) is 0 Å². The number of carboxylic acid groups (broad SMARTS) is 1. The molecule has 4 nitrogen and oxygen atoms in total. The molecule has 0 saturated carbocycles. The number of rotatable bonds is 7. The molecule has 152 valence electrons. The zero-order chi connectivity index (χ0) is 21.1. The van der Waals surface area contributed by atoms with E-state index in [4.69, 9.17) is 11.6 Å². The smallest absolute Gasteiger partial charge is 0.352 e. The first kappa shape index (κ1) is 20.2. The largest absolute Gasteiger partial charge is 0.477 e. The van der Waals surface area contributed by atoms with E-state index >= 15 is 0 Å². The second kappa shape index (κ2) is 8.74. The topological polar surface area (TPSA) is 54.3 Å². The van der Waals surface area contributed by atoms with E-state index in [0.29, 0.717) is 30.4 Å². The van der Waals surface area contributed by atoms with Gasteiger partial charge in [0.2, 0.25) is 0 Å². The van der Waals surface area contributed by atoms with Crippen molar-refractivity contribution in [2.45, 2.75) is 26.6 Å². The van der Waals surface area contributed by atoms with Crippen molar-refractivity contribution in [2.24, 2.45) is 0 Å². The molecule has 0 bridgehead atoms. The number of hydrogen-bond acceptors (Lipinski definition) is 2. The summed E-state index contributed by atoms with van der Waals surface area (Å²) in [5.41, 5.74) is 5.36. The first-order valence-electron chi connectivity index (χ1n) is 9.87. The molecule has 30 heavy (non-hydrogen) atoms. The molecular weight excluding hydrogens is 396 g/mol. The highest BCUT2D eigenvalue weighted by Crippen LogP contribution is 2.29. The minimum absolute atomic E-state index is 0.336. The molecule has 0 fully saturated rings. The Kier molecular flexibility index (Phi) is 5.88. The van der Waals surface area contributed by atoms with Crippen molar-refractivity contribution in [2.75, 3.05) is 0 Å². The van der Waals surface area contributed by atoms with Gasteiger partial charge in [-0.1, -0.05) is 66.2 Å². The number of aromatic carboxylic acids is 1. The maximum absolute atomic E-state index is 12.3. The van der Waals surface area contributed by atoms with E-state index in [1.165, 1.54) is 0 Å². The summed E-state index contributed by atoms with van der Waals surface area (Å²) in [6, 6.07) is 23.7. The highest BCUT2D eigenvalue weighted by atomic mass is 35.5. The van der Waals surface area contributed by atoms with Crippen LogP contribution in [-0.2, 0) is 19.6 Å². The van der Waals surface area contributed by atoms with Crippen molar-refractivity contribution in [3.8, 4) is 0 Å². The Bertz CT molecular complexity index is 1180. The fraction of sp³-hybridized carbons (Fsp3) is 0.160. The zero-order valence-electron chi connectivity index (χ0n) is 16.7. The Labute approximate surface area is 180 Å². The standard InChI is InChI=1S/C25H23ClN2O2/c1-17-7-12-21-22(15-27-14-18-8-10-20(26)11-9-18)24(25(29)30)28(23(21)13-17)16-19-5-3-2-4-6-19/h2-13,27H,14-16H2,1H3,(H,29,30). The normalized spacial score (nSPS) is 11.1. The molecule has 0 aliphatic carbocycles. The van der Waals surface area contributed by atoms with Crippen molar-refractivity contribution in [1.29, 1.82) is 0 Å².